The van der Waals surface area contributed by atoms with Gasteiger partial charge in [-0.05, 0) is 6.07 Å². The van der Waals surface area contributed by atoms with Gasteiger partial charge in [-0.1, -0.05) is 0 Å². The zero-order chi connectivity index (χ0) is 7.56. The fourth-order valence-corrected chi connectivity index (χ4v) is 0.727. The monoisotopic (exact) mass is 139 g/mol. The lowest BCUT2D eigenvalue weighted by atomic mass is 10.2. The summed E-state index contributed by atoms with van der Waals surface area (Å²) in [5.74, 6) is 0. The van der Waals surface area contributed by atoms with Crippen molar-refractivity contribution in [3.63, 3.8) is 0 Å². The van der Waals surface area contributed by atoms with E-state index in [0.29, 0.717) is 6.54 Å². The van der Waals surface area contributed by atoms with Crippen LogP contribution in [-0.2, 0) is 6.54 Å². The van der Waals surface area contributed by atoms with Gasteiger partial charge in [0, 0.05) is 29.8 Å². The predicted molar refractivity (Wildman–Crippen MR) is 36.4 cm³/mol. The van der Waals surface area contributed by atoms with Gasteiger partial charge in [-0.15, -0.1) is 0 Å². The van der Waals surface area contributed by atoms with E-state index in [2.05, 4.69) is 0 Å². The van der Waals surface area contributed by atoms with E-state index in [-0.39, 0.29) is 0 Å². The van der Waals surface area contributed by atoms with Gasteiger partial charge in [0.05, 0.1) is 0 Å². The van der Waals surface area contributed by atoms with Crippen LogP contribution in [0, 0.1) is 6.92 Å². The molecule has 0 radical (unpaired) electrons. The minimum atomic E-state index is 0.459. The predicted octanol–water partition coefficient (Wildman–Crippen LogP) is -0.0215. The summed E-state index contributed by atoms with van der Waals surface area (Å²) in [7, 11) is 0. The number of rotatable bonds is 1. The van der Waals surface area contributed by atoms with Crippen molar-refractivity contribution in [2.75, 3.05) is 0 Å². The van der Waals surface area contributed by atoms with Gasteiger partial charge in [-0.25, -0.2) is 0 Å². The van der Waals surface area contributed by atoms with E-state index < -0.39 is 0 Å². The summed E-state index contributed by atoms with van der Waals surface area (Å²) in [5, 5.41) is 9.09. The Bertz CT molecular complexity index is 235. The summed E-state index contributed by atoms with van der Waals surface area (Å²) in [6.45, 7) is 2.28. The first-order valence-electron chi connectivity index (χ1n) is 3.14. The molecule has 3 heteroatoms. The fourth-order valence-electron chi connectivity index (χ4n) is 0.727. The van der Waals surface area contributed by atoms with E-state index in [1.807, 2.05) is 19.1 Å². The van der Waals surface area contributed by atoms with Crippen LogP contribution in [0.5, 0.6) is 0 Å². The Labute approximate surface area is 59.7 Å². The van der Waals surface area contributed by atoms with Crippen LogP contribution in [0.15, 0.2) is 18.3 Å². The first-order valence-corrected chi connectivity index (χ1v) is 3.14. The standard InChI is InChI=1S/C7H11N2O/c1-6-2-3-7(4-8)5-9(6)10/h2-3,5,10H,4,8H2,1H3/q+1. The number of nitrogens with zero attached hydrogens (tertiary/aromatic N) is 1. The van der Waals surface area contributed by atoms with Crippen molar-refractivity contribution in [1.29, 1.82) is 0 Å². The molecule has 10 heavy (non-hydrogen) atoms. The first kappa shape index (κ1) is 7.02. The molecule has 0 saturated heterocycles. The van der Waals surface area contributed by atoms with Gasteiger partial charge in [0.1, 0.15) is 0 Å². The van der Waals surface area contributed by atoms with Gasteiger partial charge in [-0.3, -0.25) is 5.21 Å². The molecule has 1 aromatic rings. The highest BCUT2D eigenvalue weighted by molar-refractivity contribution is 5.07. The lowest BCUT2D eigenvalue weighted by molar-refractivity contribution is -0.909. The second-order valence-electron chi connectivity index (χ2n) is 2.23. The highest BCUT2D eigenvalue weighted by Gasteiger charge is 2.03. The van der Waals surface area contributed by atoms with Gasteiger partial charge in [0.25, 0.3) is 0 Å². The highest BCUT2D eigenvalue weighted by atomic mass is 16.5. The van der Waals surface area contributed by atoms with Crippen molar-refractivity contribution >= 4 is 0 Å². The van der Waals surface area contributed by atoms with Gasteiger partial charge < -0.3 is 5.73 Å². The van der Waals surface area contributed by atoms with Crippen molar-refractivity contribution < 1.29 is 9.94 Å². The maximum Gasteiger partial charge on any atom is 0.231 e. The van der Waals surface area contributed by atoms with E-state index in [0.717, 1.165) is 16.0 Å². The summed E-state index contributed by atoms with van der Waals surface area (Å²) in [6.07, 6.45) is 1.61. The molecule has 0 atom stereocenters. The SMILES string of the molecule is Cc1ccc(CN)c[n+]1O. The molecule has 0 unspecified atom stereocenters. The van der Waals surface area contributed by atoms with Crippen LogP contribution in [0.2, 0.25) is 0 Å². The summed E-state index contributed by atoms with van der Waals surface area (Å²) in [4.78, 5) is 0. The van der Waals surface area contributed by atoms with Crippen molar-refractivity contribution in [3.8, 4) is 0 Å². The minimum absolute atomic E-state index is 0.459. The molecule has 54 valence electrons. The highest BCUT2D eigenvalue weighted by Crippen LogP contribution is 1.94. The molecule has 1 aromatic heterocycles. The van der Waals surface area contributed by atoms with Gasteiger partial charge in [0.2, 0.25) is 11.9 Å². The van der Waals surface area contributed by atoms with Crippen molar-refractivity contribution in [2.24, 2.45) is 5.73 Å². The smallest absolute Gasteiger partial charge is 0.231 e. The van der Waals surface area contributed by atoms with E-state index in [9.17, 15) is 0 Å². The number of pyridine rings is 1. The quantitative estimate of drug-likeness (QED) is 0.424. The van der Waals surface area contributed by atoms with Crippen LogP contribution in [0.3, 0.4) is 0 Å². The molecule has 0 aliphatic carbocycles. The number of hydrogen-bond donors (Lipinski definition) is 2. The zero-order valence-electron chi connectivity index (χ0n) is 5.91. The summed E-state index contributed by atoms with van der Waals surface area (Å²) in [5.41, 5.74) is 7.07. The molecular weight excluding hydrogens is 128 g/mol. The van der Waals surface area contributed by atoms with E-state index >= 15 is 0 Å². The summed E-state index contributed by atoms with van der Waals surface area (Å²) in [6, 6.07) is 3.71. The summed E-state index contributed by atoms with van der Waals surface area (Å²) >= 11 is 0. The second-order valence-corrected chi connectivity index (χ2v) is 2.23. The first-order chi connectivity index (χ1) is 4.74. The average Bonchev–Trinajstić information content (AvgIpc) is 1.95. The van der Waals surface area contributed by atoms with Gasteiger partial charge >= 0.3 is 0 Å². The molecule has 0 aliphatic heterocycles. The molecule has 3 nitrogen and oxygen atoms in total. The number of aromatic nitrogens is 1. The number of nitrogens with two attached hydrogens (primary N) is 1. The maximum atomic E-state index is 9.09. The average molecular weight is 139 g/mol. The lowest BCUT2D eigenvalue weighted by Gasteiger charge is -1.92. The van der Waals surface area contributed by atoms with Crippen molar-refractivity contribution in [1.82, 2.24) is 0 Å². The zero-order valence-corrected chi connectivity index (χ0v) is 5.91. The van der Waals surface area contributed by atoms with Crippen LogP contribution in [0.4, 0.5) is 0 Å². The molecule has 3 N–H and O–H groups in total. The Morgan fingerprint density at radius 3 is 2.80 bits per heavy atom. The van der Waals surface area contributed by atoms with Crippen LogP contribution in [0.25, 0.3) is 0 Å². The summed E-state index contributed by atoms with van der Waals surface area (Å²) < 4.78 is 1.07. The van der Waals surface area contributed by atoms with Crippen LogP contribution >= 0.6 is 0 Å². The molecule has 0 spiro atoms. The lowest BCUT2D eigenvalue weighted by Crippen LogP contribution is -2.33. The maximum absolute atomic E-state index is 9.09. The van der Waals surface area contributed by atoms with Crippen LogP contribution in [0.1, 0.15) is 11.3 Å². The number of aryl methyl sites for hydroxylation is 1. The van der Waals surface area contributed by atoms with Crippen LogP contribution in [-0.4, -0.2) is 5.21 Å². The molecule has 1 heterocycles. The van der Waals surface area contributed by atoms with Crippen molar-refractivity contribution in [2.45, 2.75) is 13.5 Å². The Hall–Kier alpha value is -1.09. The molecule has 0 aromatic carbocycles. The third-order valence-corrected chi connectivity index (χ3v) is 1.42. The molecule has 0 saturated carbocycles. The van der Waals surface area contributed by atoms with Crippen molar-refractivity contribution in [3.05, 3.63) is 29.6 Å². The largest absolute Gasteiger partial charge is 0.326 e. The Balaban J connectivity index is 3.04. The van der Waals surface area contributed by atoms with Gasteiger partial charge in [0.15, 0.2) is 0 Å². The van der Waals surface area contributed by atoms with E-state index in [1.54, 1.807) is 6.20 Å². The normalized spacial score (nSPS) is 9.80. The second kappa shape index (κ2) is 2.66. The topological polar surface area (TPSA) is 50.1 Å². The molecule has 0 amide bonds. The van der Waals surface area contributed by atoms with Gasteiger partial charge in [-0.2, -0.15) is 0 Å². The molecule has 1 rings (SSSR count). The minimum Gasteiger partial charge on any atom is -0.326 e. The molecular formula is C7H11N2O+. The third kappa shape index (κ3) is 1.25. The van der Waals surface area contributed by atoms with E-state index in [4.69, 9.17) is 10.9 Å². The molecule has 0 bridgehead atoms. The molecule has 0 aliphatic rings. The Morgan fingerprint density at radius 2 is 2.30 bits per heavy atom. The Kier molecular flexibility index (Phi) is 1.87. The van der Waals surface area contributed by atoms with Crippen LogP contribution < -0.4 is 10.5 Å². The van der Waals surface area contributed by atoms with E-state index in [1.165, 1.54) is 0 Å². The molecule has 0 fully saturated rings. The fraction of sp³-hybridized carbons (Fsp3) is 0.286. The Morgan fingerprint density at radius 1 is 1.60 bits per heavy atom. The third-order valence-electron chi connectivity index (χ3n) is 1.42. The number of hydrogen-bond acceptors (Lipinski definition) is 2.